The molecule has 11 rings (SSSR count). The maximum Gasteiger partial charge on any atom is 0.160 e. The molecule has 0 amide bonds. The summed E-state index contributed by atoms with van der Waals surface area (Å²) in [5.74, 6) is 0.706. The third-order valence-corrected chi connectivity index (χ3v) is 12.0. The fraction of sp³-hybridized carbons (Fsp3) is 0.0370. The Morgan fingerprint density at radius 2 is 0.946 bits per heavy atom. The molecule has 56 heavy (non-hydrogen) atoms. The van der Waals surface area contributed by atoms with Crippen LogP contribution in [0.4, 0.5) is 0 Å². The highest BCUT2D eigenvalue weighted by Crippen LogP contribution is 2.55. The van der Waals surface area contributed by atoms with Gasteiger partial charge in [-0.2, -0.15) is 0 Å². The lowest BCUT2D eigenvalue weighted by molar-refractivity contribution is 0.714. The first-order chi connectivity index (χ1) is 27.7. The van der Waals surface area contributed by atoms with Gasteiger partial charge in [-0.15, -0.1) is 0 Å². The van der Waals surface area contributed by atoms with Crippen LogP contribution in [0, 0.1) is 0 Å². The van der Waals surface area contributed by atoms with Gasteiger partial charge < -0.3 is 0 Å². The molecule has 1 aliphatic rings. The van der Waals surface area contributed by atoms with Crippen molar-refractivity contribution in [2.24, 2.45) is 0 Å². The largest absolute Gasteiger partial charge is 0.228 e. The average molecular weight is 713 g/mol. The van der Waals surface area contributed by atoms with Gasteiger partial charge in [0.2, 0.25) is 0 Å². The van der Waals surface area contributed by atoms with Crippen molar-refractivity contribution >= 4 is 32.3 Å². The Kier molecular flexibility index (Phi) is 7.33. The second-order valence-corrected chi connectivity index (χ2v) is 15.0. The Labute approximate surface area is 326 Å². The standard InChI is InChI=1S/C54H36N2/c1-54(38-23-9-4-10-24-38)45-30-16-15-28-42(45)50-43(29-17-31-46(50)54)47-34-48(56-53(55-47)37-21-7-3-8-22-37)52-41-27-14-13-26-40(41)49(36-19-5-2-6-20-36)44-33-32-35-18-11-12-25-39(35)51(44)52/h2-34H,1H3. The first kappa shape index (κ1) is 32.3. The van der Waals surface area contributed by atoms with Gasteiger partial charge in [-0.1, -0.05) is 194 Å². The Morgan fingerprint density at radius 3 is 1.71 bits per heavy atom. The molecular formula is C54H36N2. The van der Waals surface area contributed by atoms with E-state index in [0.717, 1.165) is 28.1 Å². The molecule has 0 aliphatic heterocycles. The molecule has 0 saturated heterocycles. The summed E-state index contributed by atoms with van der Waals surface area (Å²) in [6.45, 7) is 2.37. The second-order valence-electron chi connectivity index (χ2n) is 15.0. The smallest absolute Gasteiger partial charge is 0.160 e. The molecule has 10 aromatic rings. The topological polar surface area (TPSA) is 25.8 Å². The second kappa shape index (κ2) is 12.7. The van der Waals surface area contributed by atoms with Crippen LogP contribution in [0.15, 0.2) is 200 Å². The molecule has 262 valence electrons. The van der Waals surface area contributed by atoms with Crippen LogP contribution in [0.5, 0.6) is 0 Å². The third-order valence-electron chi connectivity index (χ3n) is 12.0. The average Bonchev–Trinajstić information content (AvgIpc) is 3.55. The van der Waals surface area contributed by atoms with E-state index in [2.05, 4.69) is 207 Å². The van der Waals surface area contributed by atoms with E-state index >= 15 is 0 Å². The van der Waals surface area contributed by atoms with Gasteiger partial charge in [-0.3, -0.25) is 0 Å². The van der Waals surface area contributed by atoms with E-state index in [4.69, 9.17) is 9.97 Å². The highest BCUT2D eigenvalue weighted by Gasteiger charge is 2.41. The van der Waals surface area contributed by atoms with Crippen molar-refractivity contribution in [2.45, 2.75) is 12.3 Å². The van der Waals surface area contributed by atoms with E-state index in [-0.39, 0.29) is 5.41 Å². The summed E-state index contributed by atoms with van der Waals surface area (Å²) in [6.07, 6.45) is 0. The van der Waals surface area contributed by atoms with Gasteiger partial charge in [0.25, 0.3) is 0 Å². The summed E-state index contributed by atoms with van der Waals surface area (Å²) < 4.78 is 0. The van der Waals surface area contributed by atoms with Crippen molar-refractivity contribution in [3.63, 3.8) is 0 Å². The number of nitrogens with zero attached hydrogens (tertiary/aromatic N) is 2. The van der Waals surface area contributed by atoms with E-state index in [9.17, 15) is 0 Å². The Morgan fingerprint density at radius 1 is 0.375 bits per heavy atom. The first-order valence-corrected chi connectivity index (χ1v) is 19.3. The summed E-state index contributed by atoms with van der Waals surface area (Å²) >= 11 is 0. The van der Waals surface area contributed by atoms with Crippen molar-refractivity contribution < 1.29 is 0 Å². The zero-order valence-electron chi connectivity index (χ0n) is 30.9. The lowest BCUT2D eigenvalue weighted by Gasteiger charge is -2.28. The molecule has 0 bridgehead atoms. The van der Waals surface area contributed by atoms with Crippen LogP contribution in [0.2, 0.25) is 0 Å². The van der Waals surface area contributed by atoms with Gasteiger partial charge in [-0.25, -0.2) is 9.97 Å². The number of hydrogen-bond acceptors (Lipinski definition) is 2. The summed E-state index contributed by atoms with van der Waals surface area (Å²) in [5.41, 5.74) is 13.5. The van der Waals surface area contributed by atoms with E-state index in [0.29, 0.717) is 5.82 Å². The first-order valence-electron chi connectivity index (χ1n) is 19.3. The molecule has 1 aromatic heterocycles. The lowest BCUT2D eigenvalue weighted by atomic mass is 9.74. The molecular weight excluding hydrogens is 677 g/mol. The van der Waals surface area contributed by atoms with Crippen molar-refractivity contribution in [2.75, 3.05) is 0 Å². The number of fused-ring (bicyclic) bond motifs is 7. The maximum atomic E-state index is 5.51. The van der Waals surface area contributed by atoms with Crippen molar-refractivity contribution in [3.05, 3.63) is 217 Å². The summed E-state index contributed by atoms with van der Waals surface area (Å²) in [4.78, 5) is 11.0. The van der Waals surface area contributed by atoms with Crippen molar-refractivity contribution in [1.29, 1.82) is 0 Å². The molecule has 0 saturated carbocycles. The molecule has 0 spiro atoms. The number of rotatable bonds is 5. The lowest BCUT2D eigenvalue weighted by Crippen LogP contribution is -2.22. The van der Waals surface area contributed by atoms with E-state index in [1.807, 2.05) is 0 Å². The van der Waals surface area contributed by atoms with E-state index in [1.165, 1.54) is 71.3 Å². The summed E-state index contributed by atoms with van der Waals surface area (Å²) in [6, 6.07) is 72.2. The monoisotopic (exact) mass is 712 g/mol. The highest BCUT2D eigenvalue weighted by molar-refractivity contribution is 6.27. The van der Waals surface area contributed by atoms with E-state index in [1.54, 1.807) is 0 Å². The molecule has 1 aliphatic carbocycles. The maximum absolute atomic E-state index is 5.51. The zero-order valence-corrected chi connectivity index (χ0v) is 30.9. The van der Waals surface area contributed by atoms with Gasteiger partial charge >= 0.3 is 0 Å². The molecule has 1 heterocycles. The van der Waals surface area contributed by atoms with Gasteiger partial charge in [0.15, 0.2) is 5.82 Å². The molecule has 1 atom stereocenters. The van der Waals surface area contributed by atoms with Crippen LogP contribution < -0.4 is 0 Å². The Bertz CT molecular complexity index is 3130. The van der Waals surface area contributed by atoms with Gasteiger partial charge in [-0.05, 0) is 78.9 Å². The number of aromatic nitrogens is 2. The zero-order chi connectivity index (χ0) is 37.2. The quantitative estimate of drug-likeness (QED) is 0.131. The van der Waals surface area contributed by atoms with Gasteiger partial charge in [0.05, 0.1) is 11.4 Å². The highest BCUT2D eigenvalue weighted by atomic mass is 14.9. The van der Waals surface area contributed by atoms with Crippen LogP contribution in [0.1, 0.15) is 23.6 Å². The Hall–Kier alpha value is -7.16. The molecule has 0 N–H and O–H groups in total. The minimum atomic E-state index is -0.320. The molecule has 0 fully saturated rings. The molecule has 2 heteroatoms. The van der Waals surface area contributed by atoms with E-state index < -0.39 is 0 Å². The third kappa shape index (κ3) is 4.82. The summed E-state index contributed by atoms with van der Waals surface area (Å²) in [5, 5.41) is 7.18. The predicted molar refractivity (Wildman–Crippen MR) is 234 cm³/mol. The molecule has 0 radical (unpaired) electrons. The molecule has 2 nitrogen and oxygen atoms in total. The Balaban J connectivity index is 1.27. The van der Waals surface area contributed by atoms with Crippen molar-refractivity contribution in [1.82, 2.24) is 9.97 Å². The molecule has 1 unspecified atom stereocenters. The van der Waals surface area contributed by atoms with Crippen LogP contribution in [-0.2, 0) is 5.41 Å². The predicted octanol–water partition coefficient (Wildman–Crippen LogP) is 13.9. The van der Waals surface area contributed by atoms with Crippen LogP contribution in [0.25, 0.3) is 88.5 Å². The number of benzene rings is 9. The fourth-order valence-corrected chi connectivity index (χ4v) is 9.40. The molecule has 9 aromatic carbocycles. The van der Waals surface area contributed by atoms with Crippen molar-refractivity contribution in [3.8, 4) is 56.2 Å². The van der Waals surface area contributed by atoms with Crippen LogP contribution in [0.3, 0.4) is 0 Å². The minimum Gasteiger partial charge on any atom is -0.228 e. The minimum absolute atomic E-state index is 0.320. The summed E-state index contributed by atoms with van der Waals surface area (Å²) in [7, 11) is 0. The van der Waals surface area contributed by atoms with Gasteiger partial charge in [0, 0.05) is 27.5 Å². The normalized spacial score (nSPS) is 14.6. The SMILES string of the molecule is CC1(c2ccccc2)c2ccccc2-c2c(-c3cc(-c4c5ccccc5c(-c5ccccc5)c5ccc6ccccc6c45)nc(-c4ccccc4)n3)cccc21. The van der Waals surface area contributed by atoms with Gasteiger partial charge in [0.1, 0.15) is 0 Å². The van der Waals surface area contributed by atoms with Crippen LogP contribution >= 0.6 is 0 Å². The number of hydrogen-bond donors (Lipinski definition) is 0. The fourth-order valence-electron chi connectivity index (χ4n) is 9.40. The van der Waals surface area contributed by atoms with Crippen LogP contribution in [-0.4, -0.2) is 9.97 Å².